The summed E-state index contributed by atoms with van der Waals surface area (Å²) in [6.45, 7) is 4.29. The first-order valence-electron chi connectivity index (χ1n) is 8.33. The number of rotatable bonds is 8. The molecule has 25 heavy (non-hydrogen) atoms. The molecule has 1 N–H and O–H groups in total. The summed E-state index contributed by atoms with van der Waals surface area (Å²) in [5.41, 5.74) is 0.939. The molecule has 0 aliphatic carbocycles. The average molecular weight is 341 g/mol. The molecular weight excluding hydrogens is 318 g/mol. The van der Waals surface area contributed by atoms with Gasteiger partial charge in [0.2, 0.25) is 11.8 Å². The smallest absolute Gasteiger partial charge is 0.247 e. The molecule has 2 aromatic rings. The van der Waals surface area contributed by atoms with E-state index in [4.69, 9.17) is 4.52 Å². The van der Waals surface area contributed by atoms with E-state index in [1.54, 1.807) is 19.1 Å². The number of carbonyl (C=O) groups is 2. The van der Waals surface area contributed by atoms with Crippen molar-refractivity contribution in [3.8, 4) is 0 Å². The standard InChI is InChI=1S/C19H23N3O3/c1-3-4-12-22(14-18(23)20-17-13-15(2)25-21-17)19(24)11-10-16-8-6-5-7-9-16/h5-11,13H,3-4,12,14H2,1-2H3,(H,20,21,23)/b11-10+. The summed E-state index contributed by atoms with van der Waals surface area (Å²) in [5.74, 6) is 0.472. The van der Waals surface area contributed by atoms with Crippen LogP contribution in [0.15, 0.2) is 47.0 Å². The summed E-state index contributed by atoms with van der Waals surface area (Å²) in [6, 6.07) is 11.2. The van der Waals surface area contributed by atoms with E-state index >= 15 is 0 Å². The van der Waals surface area contributed by atoms with Crippen LogP contribution in [0.1, 0.15) is 31.1 Å². The average Bonchev–Trinajstić information content (AvgIpc) is 3.02. The second-order valence-electron chi connectivity index (χ2n) is 5.73. The first-order chi connectivity index (χ1) is 12.1. The fraction of sp³-hybridized carbons (Fsp3) is 0.316. The Hall–Kier alpha value is -2.89. The van der Waals surface area contributed by atoms with Gasteiger partial charge in [-0.15, -0.1) is 0 Å². The largest absolute Gasteiger partial charge is 0.360 e. The molecule has 6 heteroatoms. The van der Waals surface area contributed by atoms with Crippen molar-refractivity contribution in [2.75, 3.05) is 18.4 Å². The van der Waals surface area contributed by atoms with E-state index in [-0.39, 0.29) is 18.4 Å². The molecule has 0 aliphatic heterocycles. The van der Waals surface area contributed by atoms with Crippen LogP contribution in [0.4, 0.5) is 5.82 Å². The van der Waals surface area contributed by atoms with Crippen molar-refractivity contribution in [3.05, 3.63) is 53.8 Å². The number of anilines is 1. The Morgan fingerprint density at radius 3 is 2.68 bits per heavy atom. The monoisotopic (exact) mass is 341 g/mol. The molecule has 0 saturated carbocycles. The van der Waals surface area contributed by atoms with Crippen LogP contribution in [0.3, 0.4) is 0 Å². The van der Waals surface area contributed by atoms with Crippen molar-refractivity contribution >= 4 is 23.7 Å². The lowest BCUT2D eigenvalue weighted by Gasteiger charge is -2.20. The third kappa shape index (κ3) is 6.25. The number of hydrogen-bond donors (Lipinski definition) is 1. The molecule has 0 fully saturated rings. The van der Waals surface area contributed by atoms with Crippen LogP contribution < -0.4 is 5.32 Å². The van der Waals surface area contributed by atoms with Crippen molar-refractivity contribution < 1.29 is 14.1 Å². The molecule has 0 unspecified atom stereocenters. The zero-order valence-corrected chi connectivity index (χ0v) is 14.6. The Bertz CT molecular complexity index is 723. The molecule has 0 aliphatic rings. The fourth-order valence-corrected chi connectivity index (χ4v) is 2.23. The van der Waals surface area contributed by atoms with E-state index in [9.17, 15) is 9.59 Å². The van der Waals surface area contributed by atoms with Crippen LogP contribution in [0.25, 0.3) is 6.08 Å². The number of carbonyl (C=O) groups excluding carboxylic acids is 2. The number of hydrogen-bond acceptors (Lipinski definition) is 4. The second kappa shape index (κ2) is 9.42. The van der Waals surface area contributed by atoms with E-state index in [0.29, 0.717) is 18.1 Å². The fourth-order valence-electron chi connectivity index (χ4n) is 2.23. The lowest BCUT2D eigenvalue weighted by atomic mass is 10.2. The highest BCUT2D eigenvalue weighted by Crippen LogP contribution is 2.08. The van der Waals surface area contributed by atoms with Crippen molar-refractivity contribution in [2.24, 2.45) is 0 Å². The molecule has 1 aromatic heterocycles. The molecule has 1 heterocycles. The first kappa shape index (κ1) is 18.4. The van der Waals surface area contributed by atoms with Gasteiger partial charge in [-0.2, -0.15) is 0 Å². The Labute approximate surface area is 147 Å². The maximum Gasteiger partial charge on any atom is 0.247 e. The van der Waals surface area contributed by atoms with Crippen molar-refractivity contribution in [1.82, 2.24) is 10.1 Å². The van der Waals surface area contributed by atoms with E-state index in [1.807, 2.05) is 37.3 Å². The Morgan fingerprint density at radius 1 is 1.28 bits per heavy atom. The molecule has 0 bridgehead atoms. The van der Waals surface area contributed by atoms with Crippen LogP contribution in [0.2, 0.25) is 0 Å². The minimum absolute atomic E-state index is 0.0239. The van der Waals surface area contributed by atoms with Crippen LogP contribution >= 0.6 is 0 Å². The molecule has 2 amide bonds. The SMILES string of the molecule is CCCCN(CC(=O)Nc1cc(C)on1)C(=O)/C=C/c1ccccc1. The lowest BCUT2D eigenvalue weighted by molar-refractivity contribution is -0.130. The predicted octanol–water partition coefficient (Wildman–Crippen LogP) is 3.26. The maximum absolute atomic E-state index is 12.4. The highest BCUT2D eigenvalue weighted by atomic mass is 16.5. The highest BCUT2D eigenvalue weighted by molar-refractivity contribution is 5.97. The van der Waals surface area contributed by atoms with Gasteiger partial charge in [-0.3, -0.25) is 9.59 Å². The number of aromatic nitrogens is 1. The Kier molecular flexibility index (Phi) is 6.95. The summed E-state index contributed by atoms with van der Waals surface area (Å²) in [6.07, 6.45) is 5.02. The van der Waals surface area contributed by atoms with Crippen molar-refractivity contribution in [1.29, 1.82) is 0 Å². The molecule has 132 valence electrons. The maximum atomic E-state index is 12.4. The van der Waals surface area contributed by atoms with Gasteiger partial charge < -0.3 is 14.7 Å². The number of aryl methyl sites for hydroxylation is 1. The number of benzene rings is 1. The molecule has 2 rings (SSSR count). The van der Waals surface area contributed by atoms with E-state index < -0.39 is 0 Å². The normalized spacial score (nSPS) is 10.8. The topological polar surface area (TPSA) is 75.4 Å². The van der Waals surface area contributed by atoms with Gasteiger partial charge in [0, 0.05) is 18.7 Å². The molecule has 0 saturated heterocycles. The lowest BCUT2D eigenvalue weighted by Crippen LogP contribution is -2.37. The van der Waals surface area contributed by atoms with E-state index in [2.05, 4.69) is 10.5 Å². The number of unbranched alkanes of at least 4 members (excludes halogenated alkanes) is 1. The summed E-state index contributed by atoms with van der Waals surface area (Å²) in [5, 5.41) is 6.36. The molecule has 0 radical (unpaired) electrons. The zero-order valence-electron chi connectivity index (χ0n) is 14.6. The quantitative estimate of drug-likeness (QED) is 0.748. The number of nitrogens with one attached hydrogen (secondary N) is 1. The van der Waals surface area contributed by atoms with Crippen LogP contribution in [-0.2, 0) is 9.59 Å². The molecule has 6 nitrogen and oxygen atoms in total. The molecular formula is C19H23N3O3. The van der Waals surface area contributed by atoms with Crippen LogP contribution in [-0.4, -0.2) is 35.0 Å². The molecule has 1 aromatic carbocycles. The third-order valence-corrected chi connectivity index (χ3v) is 3.54. The summed E-state index contributed by atoms with van der Waals surface area (Å²) < 4.78 is 4.91. The first-order valence-corrected chi connectivity index (χ1v) is 8.33. The van der Waals surface area contributed by atoms with E-state index in [1.165, 1.54) is 11.0 Å². The summed E-state index contributed by atoms with van der Waals surface area (Å²) in [4.78, 5) is 26.1. The van der Waals surface area contributed by atoms with Gasteiger partial charge in [0.05, 0.1) is 0 Å². The summed E-state index contributed by atoms with van der Waals surface area (Å²) in [7, 11) is 0. The molecule has 0 atom stereocenters. The van der Waals surface area contributed by atoms with Gasteiger partial charge in [-0.1, -0.05) is 48.8 Å². The number of amides is 2. The van der Waals surface area contributed by atoms with Gasteiger partial charge >= 0.3 is 0 Å². The Balaban J connectivity index is 1.97. The van der Waals surface area contributed by atoms with Crippen LogP contribution in [0.5, 0.6) is 0 Å². The third-order valence-electron chi connectivity index (χ3n) is 3.54. The number of nitrogens with zero attached hydrogens (tertiary/aromatic N) is 2. The van der Waals surface area contributed by atoms with Gasteiger partial charge in [0.25, 0.3) is 0 Å². The van der Waals surface area contributed by atoms with Gasteiger partial charge in [-0.25, -0.2) is 0 Å². The van der Waals surface area contributed by atoms with Crippen LogP contribution in [0, 0.1) is 6.92 Å². The predicted molar refractivity (Wildman–Crippen MR) is 96.8 cm³/mol. The van der Waals surface area contributed by atoms with Gasteiger partial charge in [0.15, 0.2) is 5.82 Å². The van der Waals surface area contributed by atoms with E-state index in [0.717, 1.165) is 18.4 Å². The van der Waals surface area contributed by atoms with Crippen molar-refractivity contribution in [2.45, 2.75) is 26.7 Å². The minimum atomic E-state index is -0.300. The van der Waals surface area contributed by atoms with Gasteiger partial charge in [-0.05, 0) is 25.0 Å². The minimum Gasteiger partial charge on any atom is -0.360 e. The summed E-state index contributed by atoms with van der Waals surface area (Å²) >= 11 is 0. The van der Waals surface area contributed by atoms with Gasteiger partial charge in [0.1, 0.15) is 12.3 Å². The zero-order chi connectivity index (χ0) is 18.1. The second-order valence-corrected chi connectivity index (χ2v) is 5.73. The van der Waals surface area contributed by atoms with Crippen molar-refractivity contribution in [3.63, 3.8) is 0 Å². The molecule has 0 spiro atoms. The Morgan fingerprint density at radius 2 is 2.04 bits per heavy atom. The highest BCUT2D eigenvalue weighted by Gasteiger charge is 2.15.